The molecule has 0 radical (unpaired) electrons. The van der Waals surface area contributed by atoms with Gasteiger partial charge in [0.15, 0.2) is 11.6 Å². The molecule has 0 saturated heterocycles. The molecule has 114 valence electrons. The van der Waals surface area contributed by atoms with E-state index in [9.17, 15) is 22.7 Å². The Morgan fingerprint density at radius 2 is 1.76 bits per heavy atom. The van der Waals surface area contributed by atoms with Crippen molar-refractivity contribution in [3.8, 4) is 11.4 Å². The maximum absolute atomic E-state index is 13.1. The van der Waals surface area contributed by atoms with Crippen LogP contribution in [-0.2, 0) is 18.8 Å². The Balaban J connectivity index is 2.66. The molecule has 0 aliphatic heterocycles. The quantitative estimate of drug-likeness (QED) is 0.868. The molecule has 1 aromatic heterocycles. The molecule has 21 heavy (non-hydrogen) atoms. The van der Waals surface area contributed by atoms with Gasteiger partial charge in [-0.15, -0.1) is 10.2 Å². The summed E-state index contributed by atoms with van der Waals surface area (Å²) in [5.41, 5.74) is -2.80. The number of aliphatic hydroxyl groups is 1. The van der Waals surface area contributed by atoms with Gasteiger partial charge >= 0.3 is 6.18 Å². The number of hydrogen-bond acceptors (Lipinski definition) is 3. The first-order valence-electron chi connectivity index (χ1n) is 6.01. The van der Waals surface area contributed by atoms with Gasteiger partial charge in [0.2, 0.25) is 0 Å². The fraction of sp³-hybridized carbons (Fsp3) is 0.385. The van der Waals surface area contributed by atoms with E-state index < -0.39 is 23.2 Å². The van der Waals surface area contributed by atoms with E-state index in [1.165, 1.54) is 25.5 Å². The highest BCUT2D eigenvalue weighted by Gasteiger charge is 2.36. The van der Waals surface area contributed by atoms with Gasteiger partial charge in [0.1, 0.15) is 11.4 Å². The standard InChI is InChI=1S/C13H13F4N3O/c1-12(2,21)11-19-18-10(20(11)3)8-5-4-7(14)6-9(8)13(15,16)17/h4-6,21H,1-3H3. The van der Waals surface area contributed by atoms with Crippen molar-refractivity contribution in [1.82, 2.24) is 14.8 Å². The maximum atomic E-state index is 13.1. The van der Waals surface area contributed by atoms with Gasteiger partial charge in [0.25, 0.3) is 0 Å². The SMILES string of the molecule is Cn1c(-c2ccc(F)cc2C(F)(F)F)nnc1C(C)(C)O. The van der Waals surface area contributed by atoms with Crippen LogP contribution < -0.4 is 0 Å². The number of rotatable bonds is 2. The Bertz CT molecular complexity index is 671. The van der Waals surface area contributed by atoms with Gasteiger partial charge in [-0.1, -0.05) is 0 Å². The van der Waals surface area contributed by atoms with E-state index in [1.54, 1.807) is 0 Å². The third kappa shape index (κ3) is 2.90. The minimum Gasteiger partial charge on any atom is -0.382 e. The van der Waals surface area contributed by atoms with E-state index in [4.69, 9.17) is 0 Å². The van der Waals surface area contributed by atoms with Gasteiger partial charge in [0.05, 0.1) is 5.56 Å². The van der Waals surface area contributed by atoms with Crippen LogP contribution in [0.2, 0.25) is 0 Å². The average Bonchev–Trinajstić information content (AvgIpc) is 2.69. The number of aromatic nitrogens is 3. The van der Waals surface area contributed by atoms with Crippen molar-refractivity contribution in [2.75, 3.05) is 0 Å². The molecule has 1 N–H and O–H groups in total. The Kier molecular flexibility index (Phi) is 3.53. The Morgan fingerprint density at radius 3 is 2.24 bits per heavy atom. The first kappa shape index (κ1) is 15.4. The van der Waals surface area contributed by atoms with Crippen LogP contribution >= 0.6 is 0 Å². The summed E-state index contributed by atoms with van der Waals surface area (Å²) in [6, 6.07) is 2.33. The number of alkyl halides is 3. The zero-order valence-corrected chi connectivity index (χ0v) is 11.5. The molecule has 0 fully saturated rings. The lowest BCUT2D eigenvalue weighted by molar-refractivity contribution is -0.137. The Labute approximate surface area is 118 Å². The van der Waals surface area contributed by atoms with Crippen LogP contribution in [0.5, 0.6) is 0 Å². The predicted octanol–water partition coefficient (Wildman–Crippen LogP) is 2.87. The summed E-state index contributed by atoms with van der Waals surface area (Å²) in [5, 5.41) is 17.3. The van der Waals surface area contributed by atoms with E-state index >= 15 is 0 Å². The molecule has 2 aromatic rings. The molecular weight excluding hydrogens is 290 g/mol. The van der Waals surface area contributed by atoms with Crippen molar-refractivity contribution in [1.29, 1.82) is 0 Å². The Morgan fingerprint density at radius 1 is 1.14 bits per heavy atom. The molecule has 8 heteroatoms. The molecule has 0 unspecified atom stereocenters. The summed E-state index contributed by atoms with van der Waals surface area (Å²) in [6.45, 7) is 2.88. The minimum absolute atomic E-state index is 0.0977. The molecule has 1 aromatic carbocycles. The monoisotopic (exact) mass is 303 g/mol. The molecule has 0 spiro atoms. The van der Waals surface area contributed by atoms with Crippen molar-refractivity contribution in [2.45, 2.75) is 25.6 Å². The smallest absolute Gasteiger partial charge is 0.382 e. The molecule has 0 aliphatic rings. The largest absolute Gasteiger partial charge is 0.417 e. The van der Waals surface area contributed by atoms with Crippen molar-refractivity contribution >= 4 is 0 Å². The molecule has 0 saturated carbocycles. The maximum Gasteiger partial charge on any atom is 0.417 e. The third-order valence-corrected chi connectivity index (χ3v) is 2.95. The van der Waals surface area contributed by atoms with E-state index in [1.807, 2.05) is 0 Å². The number of halogens is 4. The first-order valence-corrected chi connectivity index (χ1v) is 6.01. The second-order valence-corrected chi connectivity index (χ2v) is 5.15. The number of nitrogens with zero attached hydrogens (tertiary/aromatic N) is 3. The lowest BCUT2D eigenvalue weighted by Gasteiger charge is -2.17. The lowest BCUT2D eigenvalue weighted by atomic mass is 10.1. The average molecular weight is 303 g/mol. The summed E-state index contributed by atoms with van der Waals surface area (Å²) in [5.74, 6) is -0.981. The number of benzene rings is 1. The number of hydrogen-bond donors (Lipinski definition) is 1. The van der Waals surface area contributed by atoms with Crippen LogP contribution in [0.25, 0.3) is 11.4 Å². The second-order valence-electron chi connectivity index (χ2n) is 5.15. The lowest BCUT2D eigenvalue weighted by Crippen LogP contribution is -2.21. The summed E-state index contributed by atoms with van der Waals surface area (Å²) in [6.07, 6.45) is -4.72. The molecule has 0 amide bonds. The van der Waals surface area contributed by atoms with Gasteiger partial charge in [-0.2, -0.15) is 13.2 Å². The zero-order valence-electron chi connectivity index (χ0n) is 11.5. The van der Waals surface area contributed by atoms with E-state index in [0.29, 0.717) is 6.07 Å². The molecule has 0 atom stereocenters. The summed E-state index contributed by atoms with van der Waals surface area (Å²) < 4.78 is 53.4. The van der Waals surface area contributed by atoms with Crippen molar-refractivity contribution in [2.24, 2.45) is 7.05 Å². The van der Waals surface area contributed by atoms with Gasteiger partial charge in [-0.05, 0) is 32.0 Å². The third-order valence-electron chi connectivity index (χ3n) is 2.95. The van der Waals surface area contributed by atoms with E-state index in [-0.39, 0.29) is 17.2 Å². The zero-order chi connectivity index (χ0) is 16.0. The fourth-order valence-electron chi connectivity index (χ4n) is 2.04. The van der Waals surface area contributed by atoms with E-state index in [2.05, 4.69) is 10.2 Å². The highest BCUT2D eigenvalue weighted by atomic mass is 19.4. The molecular formula is C13H13F4N3O. The Hall–Kier alpha value is -1.96. The van der Waals surface area contributed by atoms with Crippen LogP contribution in [0.1, 0.15) is 25.2 Å². The van der Waals surface area contributed by atoms with Crippen LogP contribution in [0.4, 0.5) is 17.6 Å². The first-order chi connectivity index (χ1) is 9.51. The van der Waals surface area contributed by atoms with Crippen LogP contribution in [0.15, 0.2) is 18.2 Å². The molecule has 4 nitrogen and oxygen atoms in total. The summed E-state index contributed by atoms with van der Waals surface area (Å²) >= 11 is 0. The fourth-order valence-corrected chi connectivity index (χ4v) is 2.04. The van der Waals surface area contributed by atoms with Crippen molar-refractivity contribution < 1.29 is 22.7 Å². The van der Waals surface area contributed by atoms with Crippen LogP contribution in [-0.4, -0.2) is 19.9 Å². The molecule has 1 heterocycles. The molecule has 0 aliphatic carbocycles. The summed E-state index contributed by atoms with van der Waals surface area (Å²) in [7, 11) is 1.44. The van der Waals surface area contributed by atoms with Gasteiger partial charge in [-0.25, -0.2) is 4.39 Å². The second kappa shape index (κ2) is 4.80. The molecule has 2 rings (SSSR count). The molecule has 0 bridgehead atoms. The van der Waals surface area contributed by atoms with Gasteiger partial charge in [-0.3, -0.25) is 0 Å². The van der Waals surface area contributed by atoms with Crippen molar-refractivity contribution in [3.05, 3.63) is 35.4 Å². The van der Waals surface area contributed by atoms with Crippen LogP contribution in [0.3, 0.4) is 0 Å². The van der Waals surface area contributed by atoms with Crippen molar-refractivity contribution in [3.63, 3.8) is 0 Å². The van der Waals surface area contributed by atoms with Gasteiger partial charge < -0.3 is 9.67 Å². The highest BCUT2D eigenvalue weighted by molar-refractivity contribution is 5.61. The summed E-state index contributed by atoms with van der Waals surface area (Å²) in [4.78, 5) is 0. The normalized spacial score (nSPS) is 12.8. The van der Waals surface area contributed by atoms with Gasteiger partial charge in [0, 0.05) is 12.6 Å². The highest BCUT2D eigenvalue weighted by Crippen LogP contribution is 2.37. The van der Waals surface area contributed by atoms with Crippen LogP contribution in [0, 0.1) is 5.82 Å². The topological polar surface area (TPSA) is 50.9 Å². The van der Waals surface area contributed by atoms with E-state index in [0.717, 1.165) is 12.1 Å². The predicted molar refractivity (Wildman–Crippen MR) is 66.6 cm³/mol. The minimum atomic E-state index is -4.72.